The fourth-order valence-corrected chi connectivity index (χ4v) is 1.75. The van der Waals surface area contributed by atoms with Crippen LogP contribution in [0.2, 0.25) is 0 Å². The zero-order valence-corrected chi connectivity index (χ0v) is 11.6. The standard InChI is InChI=1S/C16H10ClF3O/c17-5-1-2-11-3-4-15(20)16(8-11)21-10-12-6-13(18)9-14(19)7-12/h3-4,6-9H,5,10H2. The SMILES string of the molecule is Fc1cc(F)cc(COc2cc(C#CCCl)ccc2F)c1. The zero-order chi connectivity index (χ0) is 15.2. The van der Waals surface area contributed by atoms with Crippen LogP contribution in [0, 0.1) is 29.3 Å². The fourth-order valence-electron chi connectivity index (χ4n) is 1.68. The Labute approximate surface area is 125 Å². The van der Waals surface area contributed by atoms with Crippen LogP contribution < -0.4 is 4.74 Å². The van der Waals surface area contributed by atoms with E-state index < -0.39 is 17.5 Å². The lowest BCUT2D eigenvalue weighted by molar-refractivity contribution is 0.289. The average Bonchev–Trinajstić information content (AvgIpc) is 2.44. The molecule has 0 unspecified atom stereocenters. The van der Waals surface area contributed by atoms with Gasteiger partial charge in [-0.05, 0) is 35.9 Å². The third-order valence-electron chi connectivity index (χ3n) is 2.55. The van der Waals surface area contributed by atoms with E-state index in [1.807, 2.05) is 0 Å². The van der Waals surface area contributed by atoms with E-state index in [2.05, 4.69) is 11.8 Å². The predicted molar refractivity (Wildman–Crippen MR) is 74.7 cm³/mol. The van der Waals surface area contributed by atoms with Crippen LogP contribution in [0.25, 0.3) is 0 Å². The molecule has 0 aliphatic carbocycles. The average molecular weight is 311 g/mol. The Morgan fingerprint density at radius 3 is 2.38 bits per heavy atom. The largest absolute Gasteiger partial charge is 0.486 e. The molecular formula is C16H10ClF3O. The van der Waals surface area contributed by atoms with Crippen LogP contribution in [-0.2, 0) is 6.61 Å². The summed E-state index contributed by atoms with van der Waals surface area (Å²) in [6.45, 7) is -0.155. The van der Waals surface area contributed by atoms with Crippen LogP contribution in [0.15, 0.2) is 36.4 Å². The van der Waals surface area contributed by atoms with Gasteiger partial charge in [-0.15, -0.1) is 11.6 Å². The second-order valence-electron chi connectivity index (χ2n) is 4.15. The van der Waals surface area contributed by atoms with Crippen LogP contribution >= 0.6 is 11.6 Å². The summed E-state index contributed by atoms with van der Waals surface area (Å²) in [6.07, 6.45) is 0. The van der Waals surface area contributed by atoms with Gasteiger partial charge in [-0.2, -0.15) is 0 Å². The highest BCUT2D eigenvalue weighted by molar-refractivity contribution is 6.19. The summed E-state index contributed by atoms with van der Waals surface area (Å²) >= 11 is 5.44. The van der Waals surface area contributed by atoms with E-state index in [0.717, 1.165) is 18.2 Å². The molecule has 0 bridgehead atoms. The molecule has 21 heavy (non-hydrogen) atoms. The first-order chi connectivity index (χ1) is 10.1. The van der Waals surface area contributed by atoms with Crippen LogP contribution in [-0.4, -0.2) is 5.88 Å². The first-order valence-electron chi connectivity index (χ1n) is 6.00. The van der Waals surface area contributed by atoms with Crippen molar-refractivity contribution in [3.63, 3.8) is 0 Å². The van der Waals surface area contributed by atoms with Crippen molar-refractivity contribution in [1.29, 1.82) is 0 Å². The number of hydrogen-bond donors (Lipinski definition) is 0. The summed E-state index contributed by atoms with van der Waals surface area (Å²) < 4.78 is 44.9. The second-order valence-corrected chi connectivity index (χ2v) is 4.41. The summed E-state index contributed by atoms with van der Waals surface area (Å²) in [7, 11) is 0. The smallest absolute Gasteiger partial charge is 0.165 e. The molecule has 0 radical (unpaired) electrons. The van der Waals surface area contributed by atoms with Crippen molar-refractivity contribution < 1.29 is 17.9 Å². The van der Waals surface area contributed by atoms with Crippen molar-refractivity contribution in [2.45, 2.75) is 6.61 Å². The fraction of sp³-hybridized carbons (Fsp3) is 0.125. The summed E-state index contributed by atoms with van der Waals surface area (Å²) in [5.41, 5.74) is 0.807. The third kappa shape index (κ3) is 4.44. The first kappa shape index (κ1) is 15.3. The molecule has 0 heterocycles. The van der Waals surface area contributed by atoms with Gasteiger partial charge in [-0.25, -0.2) is 13.2 Å². The Kier molecular flexibility index (Phi) is 5.13. The van der Waals surface area contributed by atoms with Gasteiger partial charge in [0.1, 0.15) is 18.2 Å². The lowest BCUT2D eigenvalue weighted by atomic mass is 10.2. The number of hydrogen-bond acceptors (Lipinski definition) is 1. The van der Waals surface area contributed by atoms with Crippen LogP contribution in [0.3, 0.4) is 0 Å². The lowest BCUT2D eigenvalue weighted by Crippen LogP contribution is -1.99. The lowest BCUT2D eigenvalue weighted by Gasteiger charge is -2.08. The topological polar surface area (TPSA) is 9.23 Å². The molecule has 108 valence electrons. The number of alkyl halides is 1. The van der Waals surface area contributed by atoms with Crippen molar-refractivity contribution in [1.82, 2.24) is 0 Å². The van der Waals surface area contributed by atoms with Crippen LogP contribution in [0.4, 0.5) is 13.2 Å². The van der Waals surface area contributed by atoms with Gasteiger partial charge in [0.25, 0.3) is 0 Å². The molecule has 0 N–H and O–H groups in total. The number of rotatable bonds is 3. The summed E-state index contributed by atoms with van der Waals surface area (Å²) in [5, 5.41) is 0. The minimum absolute atomic E-state index is 0.0407. The van der Waals surface area contributed by atoms with Gasteiger partial charge in [-0.1, -0.05) is 11.8 Å². The molecule has 0 atom stereocenters. The minimum Gasteiger partial charge on any atom is -0.486 e. The molecule has 0 fully saturated rings. The van der Waals surface area contributed by atoms with E-state index in [1.165, 1.54) is 18.2 Å². The van der Waals surface area contributed by atoms with Crippen molar-refractivity contribution >= 4 is 11.6 Å². The predicted octanol–water partition coefficient (Wildman–Crippen LogP) is 4.27. The molecule has 0 aliphatic rings. The molecule has 0 saturated carbocycles. The zero-order valence-electron chi connectivity index (χ0n) is 10.8. The van der Waals surface area contributed by atoms with Gasteiger partial charge in [0.2, 0.25) is 0 Å². The maximum atomic E-state index is 13.6. The highest BCUT2D eigenvalue weighted by Gasteiger charge is 2.06. The molecule has 0 aromatic heterocycles. The molecular weight excluding hydrogens is 301 g/mol. The van der Waals surface area contributed by atoms with E-state index in [0.29, 0.717) is 5.56 Å². The van der Waals surface area contributed by atoms with E-state index in [9.17, 15) is 13.2 Å². The molecule has 1 nitrogen and oxygen atoms in total. The van der Waals surface area contributed by atoms with Crippen LogP contribution in [0.1, 0.15) is 11.1 Å². The van der Waals surface area contributed by atoms with E-state index >= 15 is 0 Å². The van der Waals surface area contributed by atoms with Gasteiger partial charge in [0.05, 0.1) is 5.88 Å². The van der Waals surface area contributed by atoms with E-state index in [1.54, 1.807) is 0 Å². The van der Waals surface area contributed by atoms with Gasteiger partial charge in [0.15, 0.2) is 11.6 Å². The minimum atomic E-state index is -0.712. The maximum Gasteiger partial charge on any atom is 0.165 e. The Morgan fingerprint density at radius 1 is 1.00 bits per heavy atom. The summed E-state index contributed by atoms with van der Waals surface area (Å²) in [5.74, 6) is 3.49. The number of halogens is 4. The van der Waals surface area contributed by atoms with E-state index in [-0.39, 0.29) is 23.8 Å². The number of benzene rings is 2. The molecule has 0 aliphatic heterocycles. The highest BCUT2D eigenvalue weighted by Crippen LogP contribution is 2.20. The molecule has 0 amide bonds. The quantitative estimate of drug-likeness (QED) is 0.607. The van der Waals surface area contributed by atoms with Crippen molar-refractivity contribution in [2.24, 2.45) is 0 Å². The molecule has 2 aromatic rings. The monoisotopic (exact) mass is 310 g/mol. The van der Waals surface area contributed by atoms with Crippen molar-refractivity contribution in [2.75, 3.05) is 5.88 Å². The van der Waals surface area contributed by atoms with Crippen molar-refractivity contribution in [3.8, 4) is 17.6 Å². The van der Waals surface area contributed by atoms with Gasteiger partial charge >= 0.3 is 0 Å². The third-order valence-corrected chi connectivity index (χ3v) is 2.68. The number of ether oxygens (including phenoxy) is 1. The van der Waals surface area contributed by atoms with Crippen molar-refractivity contribution in [3.05, 3.63) is 65.0 Å². The summed E-state index contributed by atoms with van der Waals surface area (Å²) in [6, 6.07) is 7.11. The normalized spacial score (nSPS) is 9.90. The molecule has 2 aromatic carbocycles. The Balaban J connectivity index is 2.15. The molecule has 5 heteroatoms. The Hall–Kier alpha value is -2.12. The van der Waals surface area contributed by atoms with E-state index in [4.69, 9.17) is 16.3 Å². The first-order valence-corrected chi connectivity index (χ1v) is 6.54. The maximum absolute atomic E-state index is 13.6. The Morgan fingerprint density at radius 2 is 1.71 bits per heavy atom. The molecule has 0 spiro atoms. The molecule has 0 saturated heterocycles. The van der Waals surface area contributed by atoms with Gasteiger partial charge in [-0.3, -0.25) is 0 Å². The van der Waals surface area contributed by atoms with Gasteiger partial charge < -0.3 is 4.74 Å². The van der Waals surface area contributed by atoms with Gasteiger partial charge in [0, 0.05) is 11.6 Å². The Bertz CT molecular complexity index is 684. The summed E-state index contributed by atoms with van der Waals surface area (Å²) in [4.78, 5) is 0. The van der Waals surface area contributed by atoms with Crippen LogP contribution in [0.5, 0.6) is 5.75 Å². The molecule has 2 rings (SSSR count). The highest BCUT2D eigenvalue weighted by atomic mass is 35.5. The second kappa shape index (κ2) is 7.05.